The van der Waals surface area contributed by atoms with Crippen LogP contribution in [0.4, 0.5) is 5.69 Å². The van der Waals surface area contributed by atoms with Gasteiger partial charge < -0.3 is 0 Å². The Bertz CT molecular complexity index is 1010. The predicted octanol–water partition coefficient (Wildman–Crippen LogP) is 4.13. The maximum absolute atomic E-state index is 12.9. The molecular weight excluding hydrogens is 308 g/mol. The third-order valence-electron chi connectivity index (χ3n) is 3.97. The van der Waals surface area contributed by atoms with Gasteiger partial charge in [-0.2, -0.15) is 0 Å². The lowest BCUT2D eigenvalue weighted by Gasteiger charge is -2.17. The molecule has 0 radical (unpaired) electrons. The summed E-state index contributed by atoms with van der Waals surface area (Å²) >= 11 is 0. The molecule has 0 saturated carbocycles. The van der Waals surface area contributed by atoms with Crippen LogP contribution in [0.15, 0.2) is 85.1 Å². The number of hydrogen-bond donors (Lipinski definition) is 0. The molecule has 2 heterocycles. The SMILES string of the molecule is O=C1c2ccccc2C(=CC#Cc2ccccn2)N1c1ccccc1. The number of para-hydroxylation sites is 1. The molecule has 0 fully saturated rings. The highest BCUT2D eigenvalue weighted by atomic mass is 16.2. The van der Waals surface area contributed by atoms with Gasteiger partial charge in [0.05, 0.1) is 5.70 Å². The highest BCUT2D eigenvalue weighted by Crippen LogP contribution is 2.36. The van der Waals surface area contributed by atoms with Crippen LogP contribution in [0, 0.1) is 11.8 Å². The lowest BCUT2D eigenvalue weighted by molar-refractivity contribution is 0.101. The van der Waals surface area contributed by atoms with Crippen molar-refractivity contribution in [2.75, 3.05) is 4.90 Å². The van der Waals surface area contributed by atoms with E-state index in [1.54, 1.807) is 17.2 Å². The van der Waals surface area contributed by atoms with Crippen molar-refractivity contribution in [2.24, 2.45) is 0 Å². The molecule has 118 valence electrons. The van der Waals surface area contributed by atoms with Gasteiger partial charge in [0.1, 0.15) is 5.69 Å². The van der Waals surface area contributed by atoms with Gasteiger partial charge >= 0.3 is 0 Å². The molecule has 1 aliphatic rings. The highest BCUT2D eigenvalue weighted by Gasteiger charge is 2.32. The average molecular weight is 322 g/mol. The monoisotopic (exact) mass is 322 g/mol. The van der Waals surface area contributed by atoms with E-state index in [4.69, 9.17) is 0 Å². The van der Waals surface area contributed by atoms with Gasteiger partial charge in [0.15, 0.2) is 0 Å². The number of allylic oxidation sites excluding steroid dienone is 1. The Kier molecular flexibility index (Phi) is 3.86. The van der Waals surface area contributed by atoms with Gasteiger partial charge in [-0.15, -0.1) is 0 Å². The topological polar surface area (TPSA) is 33.2 Å². The molecule has 3 aromatic rings. The summed E-state index contributed by atoms with van der Waals surface area (Å²) < 4.78 is 0. The Morgan fingerprint density at radius 3 is 2.32 bits per heavy atom. The molecular formula is C22H14N2O. The number of carbonyl (C=O) groups excluding carboxylic acids is 1. The lowest BCUT2D eigenvalue weighted by atomic mass is 10.1. The smallest absolute Gasteiger partial charge is 0.263 e. The number of anilines is 1. The summed E-state index contributed by atoms with van der Waals surface area (Å²) in [5, 5.41) is 0. The standard InChI is InChI=1S/C22H14N2O/c25-22-20-14-5-4-13-19(20)21(24(22)18-11-2-1-3-12-18)15-8-10-17-9-6-7-16-23-17/h1-7,9,11-16H. The molecule has 0 spiro atoms. The fraction of sp³-hybridized carbons (Fsp3) is 0. The Labute approximate surface area is 146 Å². The van der Waals surface area contributed by atoms with E-state index in [9.17, 15) is 4.79 Å². The number of benzene rings is 2. The molecule has 4 rings (SSSR count). The fourth-order valence-electron chi connectivity index (χ4n) is 2.83. The van der Waals surface area contributed by atoms with Crippen molar-refractivity contribution < 1.29 is 4.79 Å². The minimum atomic E-state index is -0.0345. The first kappa shape index (κ1) is 14.9. The van der Waals surface area contributed by atoms with Gasteiger partial charge in [-0.25, -0.2) is 4.98 Å². The van der Waals surface area contributed by atoms with E-state index in [-0.39, 0.29) is 5.91 Å². The summed E-state index contributed by atoms with van der Waals surface area (Å²) in [4.78, 5) is 18.8. The molecule has 0 N–H and O–H groups in total. The minimum absolute atomic E-state index is 0.0345. The quantitative estimate of drug-likeness (QED) is 0.631. The zero-order valence-electron chi connectivity index (χ0n) is 13.4. The van der Waals surface area contributed by atoms with Gasteiger partial charge in [0.25, 0.3) is 5.91 Å². The first-order chi connectivity index (χ1) is 12.3. The van der Waals surface area contributed by atoms with Gasteiger partial charge in [0.2, 0.25) is 0 Å². The Morgan fingerprint density at radius 2 is 1.56 bits per heavy atom. The molecule has 0 unspecified atom stereocenters. The molecule has 1 aliphatic heterocycles. The number of rotatable bonds is 1. The van der Waals surface area contributed by atoms with Crippen LogP contribution in [0.5, 0.6) is 0 Å². The number of pyridine rings is 1. The molecule has 1 amide bonds. The number of hydrogen-bond acceptors (Lipinski definition) is 2. The highest BCUT2D eigenvalue weighted by molar-refractivity contribution is 6.22. The zero-order chi connectivity index (χ0) is 17.1. The number of carbonyl (C=O) groups is 1. The summed E-state index contributed by atoms with van der Waals surface area (Å²) in [5.74, 6) is 6.02. The molecule has 25 heavy (non-hydrogen) atoms. The van der Waals surface area contributed by atoms with Crippen molar-refractivity contribution in [3.05, 3.63) is 102 Å². The summed E-state index contributed by atoms with van der Waals surface area (Å²) in [5.41, 5.74) is 3.90. The second-order valence-corrected chi connectivity index (χ2v) is 5.54. The Morgan fingerprint density at radius 1 is 0.840 bits per heavy atom. The minimum Gasteiger partial charge on any atom is -0.276 e. The fourth-order valence-corrected chi connectivity index (χ4v) is 2.83. The number of amides is 1. The van der Waals surface area contributed by atoms with Crippen LogP contribution in [-0.2, 0) is 0 Å². The molecule has 2 aromatic carbocycles. The van der Waals surface area contributed by atoms with Crippen molar-refractivity contribution in [1.29, 1.82) is 0 Å². The van der Waals surface area contributed by atoms with Crippen LogP contribution >= 0.6 is 0 Å². The molecule has 0 atom stereocenters. The van der Waals surface area contributed by atoms with E-state index in [1.165, 1.54) is 0 Å². The van der Waals surface area contributed by atoms with Crippen LogP contribution in [0.3, 0.4) is 0 Å². The molecule has 3 nitrogen and oxygen atoms in total. The van der Waals surface area contributed by atoms with Crippen molar-refractivity contribution in [3.63, 3.8) is 0 Å². The van der Waals surface area contributed by atoms with Gasteiger partial charge in [-0.1, -0.05) is 48.4 Å². The van der Waals surface area contributed by atoms with Crippen LogP contribution in [0.1, 0.15) is 21.6 Å². The van der Waals surface area contributed by atoms with E-state index < -0.39 is 0 Å². The van der Waals surface area contributed by atoms with Crippen LogP contribution in [0.2, 0.25) is 0 Å². The van der Waals surface area contributed by atoms with Crippen molar-refractivity contribution >= 4 is 17.3 Å². The zero-order valence-corrected chi connectivity index (χ0v) is 13.4. The number of aromatic nitrogens is 1. The largest absolute Gasteiger partial charge is 0.276 e. The predicted molar refractivity (Wildman–Crippen MR) is 98.8 cm³/mol. The van der Waals surface area contributed by atoms with E-state index in [2.05, 4.69) is 16.8 Å². The van der Waals surface area contributed by atoms with E-state index in [0.29, 0.717) is 11.3 Å². The maximum atomic E-state index is 12.9. The summed E-state index contributed by atoms with van der Waals surface area (Å²) in [7, 11) is 0. The number of nitrogens with zero attached hydrogens (tertiary/aromatic N) is 2. The molecule has 0 bridgehead atoms. The lowest BCUT2D eigenvalue weighted by Crippen LogP contribution is -2.22. The van der Waals surface area contributed by atoms with Gasteiger partial charge in [-0.05, 0) is 36.3 Å². The van der Waals surface area contributed by atoms with E-state index in [0.717, 1.165) is 16.9 Å². The average Bonchev–Trinajstić information content (AvgIpc) is 2.96. The van der Waals surface area contributed by atoms with Crippen LogP contribution < -0.4 is 4.90 Å². The molecule has 0 aliphatic carbocycles. The van der Waals surface area contributed by atoms with E-state index in [1.807, 2.05) is 72.8 Å². The summed E-state index contributed by atoms with van der Waals surface area (Å²) in [6.07, 6.45) is 3.49. The van der Waals surface area contributed by atoms with Gasteiger partial charge in [0, 0.05) is 29.1 Å². The van der Waals surface area contributed by atoms with Gasteiger partial charge in [-0.3, -0.25) is 9.69 Å². The first-order valence-electron chi connectivity index (χ1n) is 7.96. The molecule has 3 heteroatoms. The number of fused-ring (bicyclic) bond motifs is 1. The summed E-state index contributed by atoms with van der Waals surface area (Å²) in [6, 6.07) is 22.8. The second kappa shape index (κ2) is 6.46. The first-order valence-corrected chi connectivity index (χ1v) is 7.96. The normalized spacial score (nSPS) is 14.2. The van der Waals surface area contributed by atoms with Crippen molar-refractivity contribution in [3.8, 4) is 11.8 Å². The Balaban J connectivity index is 1.80. The van der Waals surface area contributed by atoms with E-state index >= 15 is 0 Å². The summed E-state index contributed by atoms with van der Waals surface area (Å²) in [6.45, 7) is 0. The second-order valence-electron chi connectivity index (χ2n) is 5.54. The van der Waals surface area contributed by atoms with Crippen molar-refractivity contribution in [2.45, 2.75) is 0 Å². The van der Waals surface area contributed by atoms with Crippen molar-refractivity contribution in [1.82, 2.24) is 4.98 Å². The molecule has 0 saturated heterocycles. The third-order valence-corrected chi connectivity index (χ3v) is 3.97. The van der Waals surface area contributed by atoms with Crippen LogP contribution in [-0.4, -0.2) is 10.9 Å². The third kappa shape index (κ3) is 2.82. The van der Waals surface area contributed by atoms with Crippen LogP contribution in [0.25, 0.3) is 5.70 Å². The maximum Gasteiger partial charge on any atom is 0.263 e. The molecule has 1 aromatic heterocycles. The Hall–Kier alpha value is -3.64.